The highest BCUT2D eigenvalue weighted by Crippen LogP contribution is 2.17. The summed E-state index contributed by atoms with van der Waals surface area (Å²) in [6, 6.07) is 0. The van der Waals surface area contributed by atoms with Crippen molar-refractivity contribution in [3.63, 3.8) is 0 Å². The van der Waals surface area contributed by atoms with E-state index in [1.807, 2.05) is 0 Å². The van der Waals surface area contributed by atoms with Crippen LogP contribution in [0.2, 0.25) is 0 Å². The maximum Gasteiger partial charge on any atom is 0.306 e. The van der Waals surface area contributed by atoms with Crippen molar-refractivity contribution in [1.29, 1.82) is 0 Å². The molecule has 0 bridgehead atoms. The molecular weight excluding hydrogens is 721 g/mol. The molecule has 0 spiro atoms. The number of hydrogen-bond acceptors (Lipinski definition) is 6. The molecule has 0 aliphatic rings. The highest BCUT2D eigenvalue weighted by molar-refractivity contribution is 5.71. The van der Waals surface area contributed by atoms with E-state index in [4.69, 9.17) is 14.2 Å². The average molecular weight is 821 g/mol. The van der Waals surface area contributed by atoms with Crippen molar-refractivity contribution in [3.05, 3.63) is 0 Å². The van der Waals surface area contributed by atoms with Crippen molar-refractivity contribution >= 4 is 17.9 Å². The third kappa shape index (κ3) is 45.5. The van der Waals surface area contributed by atoms with E-state index in [1.165, 1.54) is 186 Å². The van der Waals surface area contributed by atoms with Crippen LogP contribution in [0.4, 0.5) is 0 Å². The normalized spacial score (nSPS) is 11.9. The molecule has 0 amide bonds. The largest absolute Gasteiger partial charge is 0.462 e. The van der Waals surface area contributed by atoms with E-state index in [9.17, 15) is 14.4 Å². The molecule has 0 unspecified atom stereocenters. The zero-order valence-corrected chi connectivity index (χ0v) is 39.5. The Morgan fingerprint density at radius 1 is 0.328 bits per heavy atom. The van der Waals surface area contributed by atoms with E-state index in [1.54, 1.807) is 0 Å². The Kier molecular flexibility index (Phi) is 45.2. The van der Waals surface area contributed by atoms with Crippen LogP contribution in [0.3, 0.4) is 0 Å². The summed E-state index contributed by atoms with van der Waals surface area (Å²) in [6.45, 7) is 8.96. The summed E-state index contributed by atoms with van der Waals surface area (Å²) in [4.78, 5) is 37.9. The second kappa shape index (κ2) is 46.5. The van der Waals surface area contributed by atoms with Gasteiger partial charge >= 0.3 is 17.9 Å². The number of carbonyl (C=O) groups excluding carboxylic acids is 3. The summed E-state index contributed by atoms with van der Waals surface area (Å²) in [5, 5.41) is 0. The predicted molar refractivity (Wildman–Crippen MR) is 247 cm³/mol. The lowest BCUT2D eigenvalue weighted by Crippen LogP contribution is -2.30. The molecule has 0 aromatic carbocycles. The Hall–Kier alpha value is -1.59. The van der Waals surface area contributed by atoms with Crippen LogP contribution < -0.4 is 0 Å². The Bertz CT molecular complexity index is 872. The first kappa shape index (κ1) is 56.4. The smallest absolute Gasteiger partial charge is 0.306 e. The predicted octanol–water partition coefficient (Wildman–Crippen LogP) is 16.7. The van der Waals surface area contributed by atoms with Gasteiger partial charge < -0.3 is 14.2 Å². The number of hydrogen-bond donors (Lipinski definition) is 0. The zero-order chi connectivity index (χ0) is 42.4. The van der Waals surface area contributed by atoms with E-state index in [-0.39, 0.29) is 31.1 Å². The monoisotopic (exact) mass is 821 g/mol. The number of carbonyl (C=O) groups is 3. The molecule has 0 fully saturated rings. The molecule has 6 heteroatoms. The Labute approximate surface area is 361 Å². The van der Waals surface area contributed by atoms with Crippen LogP contribution >= 0.6 is 0 Å². The van der Waals surface area contributed by atoms with Crippen LogP contribution in [0.5, 0.6) is 0 Å². The van der Waals surface area contributed by atoms with Crippen LogP contribution in [-0.4, -0.2) is 37.2 Å². The second-order valence-corrected chi connectivity index (χ2v) is 18.3. The van der Waals surface area contributed by atoms with Crippen LogP contribution in [0.25, 0.3) is 0 Å². The van der Waals surface area contributed by atoms with Gasteiger partial charge in [-0.1, -0.05) is 252 Å². The van der Waals surface area contributed by atoms with Crippen molar-refractivity contribution in [2.24, 2.45) is 5.92 Å². The third-order valence-corrected chi connectivity index (χ3v) is 11.8. The number of unbranched alkanes of at least 4 members (excludes halogenated alkanes) is 34. The highest BCUT2D eigenvalue weighted by Gasteiger charge is 2.19. The summed E-state index contributed by atoms with van der Waals surface area (Å²) in [6.07, 6.45) is 48.2. The van der Waals surface area contributed by atoms with Gasteiger partial charge in [-0.25, -0.2) is 0 Å². The van der Waals surface area contributed by atoms with Crippen LogP contribution in [0, 0.1) is 5.92 Å². The van der Waals surface area contributed by atoms with Crippen LogP contribution in [0.1, 0.15) is 291 Å². The summed E-state index contributed by atoms with van der Waals surface area (Å²) in [5.41, 5.74) is 0. The summed E-state index contributed by atoms with van der Waals surface area (Å²) in [5.74, 6) is -0.0909. The van der Waals surface area contributed by atoms with Crippen molar-refractivity contribution in [1.82, 2.24) is 0 Å². The van der Waals surface area contributed by atoms with Gasteiger partial charge in [0, 0.05) is 19.3 Å². The van der Waals surface area contributed by atoms with Crippen molar-refractivity contribution < 1.29 is 28.6 Å². The maximum atomic E-state index is 12.7. The van der Waals surface area contributed by atoms with Crippen molar-refractivity contribution in [2.45, 2.75) is 297 Å². The minimum atomic E-state index is -0.761. The lowest BCUT2D eigenvalue weighted by molar-refractivity contribution is -0.167. The van der Waals surface area contributed by atoms with E-state index < -0.39 is 6.10 Å². The Balaban J connectivity index is 4.23. The van der Waals surface area contributed by atoms with E-state index in [2.05, 4.69) is 27.7 Å². The standard InChI is InChI=1S/C52H100O6/c1-5-7-9-11-13-15-17-19-21-23-25-27-29-31-36-40-44-51(54)57-47-49(58-52(55)45-41-37-33-32-34-38-42-48(3)4)46-56-50(53)43-39-35-30-28-26-24-22-20-18-16-14-12-10-8-6-2/h48-49H,5-47H2,1-4H3/t49-/m1/s1. The first-order chi connectivity index (χ1) is 28.4. The van der Waals surface area contributed by atoms with E-state index in [0.717, 1.165) is 63.7 Å². The molecular formula is C52H100O6. The highest BCUT2D eigenvalue weighted by atomic mass is 16.6. The van der Waals surface area contributed by atoms with Crippen molar-refractivity contribution in [2.75, 3.05) is 13.2 Å². The van der Waals surface area contributed by atoms with Crippen LogP contribution in [-0.2, 0) is 28.6 Å². The molecule has 0 aromatic rings. The summed E-state index contributed by atoms with van der Waals surface area (Å²) >= 11 is 0. The Morgan fingerprint density at radius 3 is 0.845 bits per heavy atom. The number of rotatable bonds is 47. The first-order valence-electron chi connectivity index (χ1n) is 25.9. The lowest BCUT2D eigenvalue weighted by atomic mass is 10.0. The topological polar surface area (TPSA) is 78.9 Å². The maximum absolute atomic E-state index is 12.7. The fraction of sp³-hybridized carbons (Fsp3) is 0.942. The summed E-state index contributed by atoms with van der Waals surface area (Å²) in [7, 11) is 0. The zero-order valence-electron chi connectivity index (χ0n) is 39.5. The number of esters is 3. The van der Waals surface area contributed by atoms with Gasteiger partial charge in [0.1, 0.15) is 13.2 Å². The van der Waals surface area contributed by atoms with Gasteiger partial charge in [0.05, 0.1) is 0 Å². The van der Waals surface area contributed by atoms with E-state index in [0.29, 0.717) is 19.3 Å². The average Bonchev–Trinajstić information content (AvgIpc) is 3.21. The molecule has 6 nitrogen and oxygen atoms in total. The molecule has 0 aromatic heterocycles. The Morgan fingerprint density at radius 2 is 0.569 bits per heavy atom. The fourth-order valence-electron chi connectivity index (χ4n) is 7.86. The molecule has 0 aliphatic carbocycles. The molecule has 0 rings (SSSR count). The van der Waals surface area contributed by atoms with Gasteiger partial charge in [-0.05, 0) is 25.2 Å². The third-order valence-electron chi connectivity index (χ3n) is 11.8. The SMILES string of the molecule is CCCCCCCCCCCCCCCCCCC(=O)OC[C@@H](COC(=O)CCCCCCCCCCCCCCCCC)OC(=O)CCCCCCCCC(C)C. The summed E-state index contributed by atoms with van der Waals surface area (Å²) < 4.78 is 16.8. The van der Waals surface area contributed by atoms with E-state index >= 15 is 0 Å². The quantitative estimate of drug-likeness (QED) is 0.0346. The molecule has 0 saturated carbocycles. The first-order valence-corrected chi connectivity index (χ1v) is 25.9. The molecule has 58 heavy (non-hydrogen) atoms. The van der Waals surface area contributed by atoms with Gasteiger partial charge in [0.25, 0.3) is 0 Å². The second-order valence-electron chi connectivity index (χ2n) is 18.3. The van der Waals surface area contributed by atoms with Gasteiger partial charge in [-0.3, -0.25) is 14.4 Å². The molecule has 1 atom stereocenters. The van der Waals surface area contributed by atoms with Gasteiger partial charge in [0.15, 0.2) is 6.10 Å². The van der Waals surface area contributed by atoms with Gasteiger partial charge in [0.2, 0.25) is 0 Å². The molecule has 0 saturated heterocycles. The molecule has 0 N–H and O–H groups in total. The minimum absolute atomic E-state index is 0.0640. The van der Waals surface area contributed by atoms with Crippen molar-refractivity contribution in [3.8, 4) is 0 Å². The number of ether oxygens (including phenoxy) is 3. The molecule has 0 radical (unpaired) electrons. The lowest BCUT2D eigenvalue weighted by Gasteiger charge is -2.18. The molecule has 0 aliphatic heterocycles. The van der Waals surface area contributed by atoms with Gasteiger partial charge in [-0.2, -0.15) is 0 Å². The van der Waals surface area contributed by atoms with Crippen LogP contribution in [0.15, 0.2) is 0 Å². The van der Waals surface area contributed by atoms with Gasteiger partial charge in [-0.15, -0.1) is 0 Å². The minimum Gasteiger partial charge on any atom is -0.462 e. The molecule has 0 heterocycles. The fourth-order valence-corrected chi connectivity index (χ4v) is 7.86. The molecule has 344 valence electrons.